The minimum absolute atomic E-state index is 0.0996. The van der Waals surface area contributed by atoms with Gasteiger partial charge in [-0.25, -0.2) is 8.78 Å². The van der Waals surface area contributed by atoms with Crippen LogP contribution in [0.25, 0.3) is 0 Å². The van der Waals surface area contributed by atoms with Crippen LogP contribution < -0.4 is 5.32 Å². The number of carbonyl (C=O) groups is 1. The average Bonchev–Trinajstić information content (AvgIpc) is 2.42. The van der Waals surface area contributed by atoms with Crippen LogP contribution in [0.1, 0.15) is 28.9 Å². The van der Waals surface area contributed by atoms with Gasteiger partial charge in [0.15, 0.2) is 11.6 Å². The third-order valence-corrected chi connectivity index (χ3v) is 3.76. The number of carbonyl (C=O) groups excluding carboxylic acids is 1. The minimum atomic E-state index is -1.11. The second-order valence-corrected chi connectivity index (χ2v) is 5.82. The Kier molecular flexibility index (Phi) is 4.96. The topological polar surface area (TPSA) is 29.1 Å². The Balaban J connectivity index is 2.20. The highest BCUT2D eigenvalue weighted by molar-refractivity contribution is 9.10. The number of hydrogen-bond acceptors (Lipinski definition) is 1. The smallest absolute Gasteiger partial charge is 0.253 e. The second kappa shape index (κ2) is 6.54. The monoisotopic (exact) mass is 373 g/mol. The maximum absolute atomic E-state index is 13.2. The Labute approximate surface area is 134 Å². The summed E-state index contributed by atoms with van der Waals surface area (Å²) in [6.45, 7) is 1.79. The molecule has 21 heavy (non-hydrogen) atoms. The molecule has 1 atom stereocenters. The molecule has 2 aromatic rings. The predicted octanol–water partition coefficient (Wildman–Crippen LogP) is 4.87. The quantitative estimate of drug-likeness (QED) is 0.763. The molecule has 2 aromatic carbocycles. The molecule has 0 aromatic heterocycles. The minimum Gasteiger partial charge on any atom is -0.345 e. The van der Waals surface area contributed by atoms with Gasteiger partial charge in [0, 0.05) is 4.47 Å². The van der Waals surface area contributed by atoms with Crippen molar-refractivity contribution >= 4 is 33.4 Å². The Bertz CT molecular complexity index is 693. The molecule has 1 N–H and O–H groups in total. The second-order valence-electron chi connectivity index (χ2n) is 4.50. The van der Waals surface area contributed by atoms with Crippen LogP contribution in [0.3, 0.4) is 0 Å². The van der Waals surface area contributed by atoms with Gasteiger partial charge in [-0.2, -0.15) is 0 Å². The Hall–Kier alpha value is -1.46. The van der Waals surface area contributed by atoms with Crippen molar-refractivity contribution in [2.75, 3.05) is 0 Å². The number of rotatable bonds is 3. The van der Waals surface area contributed by atoms with Gasteiger partial charge < -0.3 is 5.32 Å². The van der Waals surface area contributed by atoms with Crippen LogP contribution in [0.15, 0.2) is 40.9 Å². The van der Waals surface area contributed by atoms with Gasteiger partial charge in [0.2, 0.25) is 0 Å². The van der Waals surface area contributed by atoms with E-state index in [0.29, 0.717) is 0 Å². The van der Waals surface area contributed by atoms with Crippen molar-refractivity contribution in [1.82, 2.24) is 5.32 Å². The zero-order chi connectivity index (χ0) is 15.6. The molecule has 1 unspecified atom stereocenters. The van der Waals surface area contributed by atoms with Crippen LogP contribution in [0.2, 0.25) is 5.02 Å². The molecule has 0 spiro atoms. The van der Waals surface area contributed by atoms with Gasteiger partial charge in [-0.05, 0) is 36.8 Å². The molecule has 0 aliphatic heterocycles. The van der Waals surface area contributed by atoms with E-state index in [0.717, 1.165) is 22.2 Å². The van der Waals surface area contributed by atoms with Crippen LogP contribution in [0, 0.1) is 11.6 Å². The summed E-state index contributed by atoms with van der Waals surface area (Å²) in [6, 6.07) is 8.69. The van der Waals surface area contributed by atoms with Crippen molar-refractivity contribution in [3.8, 4) is 0 Å². The molecule has 0 heterocycles. The first-order chi connectivity index (χ1) is 9.88. The largest absolute Gasteiger partial charge is 0.345 e. The lowest BCUT2D eigenvalue weighted by molar-refractivity contribution is 0.0939. The van der Waals surface area contributed by atoms with Crippen molar-refractivity contribution in [2.24, 2.45) is 0 Å². The molecule has 0 radical (unpaired) electrons. The average molecular weight is 375 g/mol. The van der Waals surface area contributed by atoms with Crippen molar-refractivity contribution in [3.05, 3.63) is 68.7 Å². The molecule has 0 aliphatic rings. The van der Waals surface area contributed by atoms with E-state index in [1.165, 1.54) is 0 Å². The molecule has 0 saturated carbocycles. The van der Waals surface area contributed by atoms with E-state index < -0.39 is 17.5 Å². The molecular weight excluding hydrogens is 364 g/mol. The summed E-state index contributed by atoms with van der Waals surface area (Å²) in [7, 11) is 0. The van der Waals surface area contributed by atoms with Gasteiger partial charge in [0.25, 0.3) is 5.91 Å². The summed E-state index contributed by atoms with van der Waals surface area (Å²) in [5.41, 5.74) is 0.772. The van der Waals surface area contributed by atoms with Crippen LogP contribution >= 0.6 is 27.5 Å². The molecule has 1 amide bonds. The fourth-order valence-corrected chi connectivity index (χ4v) is 2.48. The molecule has 0 bridgehead atoms. The van der Waals surface area contributed by atoms with Gasteiger partial charge >= 0.3 is 0 Å². The SMILES string of the molecule is CC(NC(=O)c1cc(F)c(F)cc1Cl)c1cccc(Br)c1. The van der Waals surface area contributed by atoms with Crippen LogP contribution in [0.4, 0.5) is 8.78 Å². The zero-order valence-electron chi connectivity index (χ0n) is 11.0. The van der Waals surface area contributed by atoms with Crippen LogP contribution in [-0.2, 0) is 0 Å². The van der Waals surface area contributed by atoms with E-state index in [1.807, 2.05) is 24.3 Å². The molecule has 0 aliphatic carbocycles. The summed E-state index contributed by atoms with van der Waals surface area (Å²) in [5.74, 6) is -2.76. The molecule has 0 saturated heterocycles. The molecule has 2 nitrogen and oxygen atoms in total. The first kappa shape index (κ1) is 15.9. The Morgan fingerprint density at radius 3 is 2.57 bits per heavy atom. The summed E-state index contributed by atoms with van der Waals surface area (Å²) >= 11 is 9.12. The zero-order valence-corrected chi connectivity index (χ0v) is 13.3. The third kappa shape index (κ3) is 3.80. The number of halogens is 4. The summed E-state index contributed by atoms with van der Waals surface area (Å²) in [6.07, 6.45) is 0. The maximum Gasteiger partial charge on any atom is 0.253 e. The maximum atomic E-state index is 13.2. The molecule has 2 rings (SSSR count). The standard InChI is InChI=1S/C15H11BrClF2NO/c1-8(9-3-2-4-10(16)5-9)20-15(21)11-6-13(18)14(19)7-12(11)17/h2-8H,1H3,(H,20,21). The highest BCUT2D eigenvalue weighted by Gasteiger charge is 2.17. The Morgan fingerprint density at radius 1 is 1.24 bits per heavy atom. The van der Waals surface area contributed by atoms with Gasteiger partial charge in [-0.1, -0.05) is 39.7 Å². The molecule has 6 heteroatoms. The molecule has 110 valence electrons. The fourth-order valence-electron chi connectivity index (χ4n) is 1.83. The fraction of sp³-hybridized carbons (Fsp3) is 0.133. The van der Waals surface area contributed by atoms with Gasteiger partial charge in [-0.3, -0.25) is 4.79 Å². The first-order valence-electron chi connectivity index (χ1n) is 6.09. The highest BCUT2D eigenvalue weighted by Crippen LogP contribution is 2.22. The van der Waals surface area contributed by atoms with Gasteiger partial charge in [0.1, 0.15) is 0 Å². The molecular formula is C15H11BrClF2NO. The van der Waals surface area contributed by atoms with Gasteiger partial charge in [-0.15, -0.1) is 0 Å². The van der Waals surface area contributed by atoms with E-state index in [1.54, 1.807) is 6.92 Å². The van der Waals surface area contributed by atoms with Crippen molar-refractivity contribution < 1.29 is 13.6 Å². The van der Waals surface area contributed by atoms with Crippen molar-refractivity contribution in [3.63, 3.8) is 0 Å². The van der Waals surface area contributed by atoms with Gasteiger partial charge in [0.05, 0.1) is 16.6 Å². The van der Waals surface area contributed by atoms with E-state index in [-0.39, 0.29) is 16.6 Å². The van der Waals surface area contributed by atoms with E-state index in [2.05, 4.69) is 21.2 Å². The van der Waals surface area contributed by atoms with E-state index in [4.69, 9.17) is 11.6 Å². The van der Waals surface area contributed by atoms with Crippen LogP contribution in [0.5, 0.6) is 0 Å². The lowest BCUT2D eigenvalue weighted by atomic mass is 10.1. The van der Waals surface area contributed by atoms with Crippen LogP contribution in [-0.4, -0.2) is 5.91 Å². The highest BCUT2D eigenvalue weighted by atomic mass is 79.9. The lowest BCUT2D eigenvalue weighted by Gasteiger charge is -2.15. The number of nitrogens with one attached hydrogen (secondary N) is 1. The normalized spacial score (nSPS) is 12.0. The third-order valence-electron chi connectivity index (χ3n) is 2.95. The molecule has 0 fully saturated rings. The summed E-state index contributed by atoms with van der Waals surface area (Å²) < 4.78 is 27.1. The van der Waals surface area contributed by atoms with E-state index >= 15 is 0 Å². The summed E-state index contributed by atoms with van der Waals surface area (Å²) in [5, 5.41) is 2.56. The number of benzene rings is 2. The lowest BCUT2D eigenvalue weighted by Crippen LogP contribution is -2.27. The first-order valence-corrected chi connectivity index (χ1v) is 7.26. The predicted molar refractivity (Wildman–Crippen MR) is 81.4 cm³/mol. The number of hydrogen-bond donors (Lipinski definition) is 1. The van der Waals surface area contributed by atoms with E-state index in [9.17, 15) is 13.6 Å². The van der Waals surface area contributed by atoms with Crippen molar-refractivity contribution in [2.45, 2.75) is 13.0 Å². The Morgan fingerprint density at radius 2 is 1.90 bits per heavy atom. The summed E-state index contributed by atoms with van der Waals surface area (Å²) in [4.78, 5) is 12.1. The van der Waals surface area contributed by atoms with Crippen molar-refractivity contribution in [1.29, 1.82) is 0 Å². The number of amides is 1.